The smallest absolute Gasteiger partial charge is 0.404 e. The Balaban J connectivity index is 2.14. The molecule has 0 unspecified atom stereocenters. The maximum absolute atomic E-state index is 10.5. The highest BCUT2D eigenvalue weighted by molar-refractivity contribution is 5.64. The molecule has 0 bridgehead atoms. The molecule has 1 saturated heterocycles. The zero-order valence-corrected chi connectivity index (χ0v) is 8.57. The quantitative estimate of drug-likeness (QED) is 0.707. The van der Waals surface area contributed by atoms with Crippen LogP contribution in [-0.2, 0) is 9.47 Å². The molecular formula is C9H18N2O3. The zero-order chi connectivity index (χ0) is 10.4. The molecule has 0 aromatic heterocycles. The molecule has 1 amide bonds. The second-order valence-corrected chi connectivity index (χ2v) is 3.47. The lowest BCUT2D eigenvalue weighted by molar-refractivity contribution is 0.0475. The second-order valence-electron chi connectivity index (χ2n) is 3.47. The zero-order valence-electron chi connectivity index (χ0n) is 8.57. The molecule has 5 heteroatoms. The van der Waals surface area contributed by atoms with Crippen molar-refractivity contribution in [3.05, 3.63) is 0 Å². The van der Waals surface area contributed by atoms with E-state index < -0.39 is 6.09 Å². The number of carbonyl (C=O) groups excluding carboxylic acids is 1. The molecule has 1 aliphatic rings. The topological polar surface area (TPSA) is 64.8 Å². The van der Waals surface area contributed by atoms with Gasteiger partial charge < -0.3 is 20.1 Å². The number of primary amides is 1. The van der Waals surface area contributed by atoms with E-state index in [9.17, 15) is 4.79 Å². The van der Waals surface area contributed by atoms with E-state index in [1.165, 1.54) is 0 Å². The van der Waals surface area contributed by atoms with Gasteiger partial charge in [0, 0.05) is 26.7 Å². The fourth-order valence-electron chi connectivity index (χ4n) is 1.64. The molecule has 0 atom stereocenters. The van der Waals surface area contributed by atoms with Gasteiger partial charge in [-0.05, 0) is 12.8 Å². The van der Waals surface area contributed by atoms with E-state index in [1.54, 1.807) is 7.11 Å². The molecule has 5 nitrogen and oxygen atoms in total. The molecule has 1 aliphatic heterocycles. The first kappa shape index (κ1) is 11.3. The molecular weight excluding hydrogens is 184 g/mol. The normalized spacial score (nSPS) is 19.5. The van der Waals surface area contributed by atoms with Gasteiger partial charge in [-0.2, -0.15) is 0 Å². The maximum atomic E-state index is 10.5. The third-order valence-corrected chi connectivity index (χ3v) is 2.43. The number of hydrogen-bond donors (Lipinski definition) is 1. The number of piperidine rings is 1. The van der Waals surface area contributed by atoms with Gasteiger partial charge in [-0.15, -0.1) is 0 Å². The van der Waals surface area contributed by atoms with Crippen LogP contribution in [0.2, 0.25) is 0 Å². The van der Waals surface area contributed by atoms with Gasteiger partial charge in [-0.1, -0.05) is 0 Å². The number of hydrogen-bond acceptors (Lipinski definition) is 4. The highest BCUT2D eigenvalue weighted by Crippen LogP contribution is 2.12. The molecule has 0 aromatic rings. The van der Waals surface area contributed by atoms with Crippen LogP contribution in [0.1, 0.15) is 12.8 Å². The molecule has 0 saturated carbocycles. The van der Waals surface area contributed by atoms with Crippen LogP contribution in [0.5, 0.6) is 0 Å². The first-order valence-electron chi connectivity index (χ1n) is 4.89. The Morgan fingerprint density at radius 1 is 1.50 bits per heavy atom. The fourth-order valence-corrected chi connectivity index (χ4v) is 1.64. The average Bonchev–Trinajstić information content (AvgIpc) is 2.16. The highest BCUT2D eigenvalue weighted by Gasteiger charge is 2.20. The largest absolute Gasteiger partial charge is 0.446 e. The fraction of sp³-hybridized carbons (Fsp3) is 0.889. The summed E-state index contributed by atoms with van der Waals surface area (Å²) in [4.78, 5) is 12.8. The number of nitrogens with zero attached hydrogens (tertiary/aromatic N) is 1. The summed E-state index contributed by atoms with van der Waals surface area (Å²) >= 11 is 0. The molecule has 0 spiro atoms. The molecule has 0 aromatic carbocycles. The van der Waals surface area contributed by atoms with Crippen LogP contribution in [0.3, 0.4) is 0 Å². The van der Waals surface area contributed by atoms with E-state index in [0.717, 1.165) is 39.1 Å². The minimum Gasteiger partial charge on any atom is -0.446 e. The number of methoxy groups -OCH3 is 1. The molecule has 82 valence electrons. The van der Waals surface area contributed by atoms with Gasteiger partial charge in [-0.25, -0.2) is 4.79 Å². The van der Waals surface area contributed by atoms with Crippen molar-refractivity contribution in [2.75, 3.05) is 33.4 Å². The van der Waals surface area contributed by atoms with Crippen LogP contribution in [-0.4, -0.2) is 50.4 Å². The lowest BCUT2D eigenvalue weighted by Gasteiger charge is -2.30. The number of amides is 1. The summed E-state index contributed by atoms with van der Waals surface area (Å²) in [6.07, 6.45) is 1.07. The number of nitrogens with two attached hydrogens (primary N) is 1. The van der Waals surface area contributed by atoms with E-state index in [2.05, 4.69) is 4.90 Å². The predicted octanol–water partition coefficient (Wildman–Crippen LogP) is 0.193. The Bertz CT molecular complexity index is 179. The third-order valence-electron chi connectivity index (χ3n) is 2.43. The van der Waals surface area contributed by atoms with Crippen LogP contribution in [0.25, 0.3) is 0 Å². The van der Waals surface area contributed by atoms with E-state index in [4.69, 9.17) is 15.2 Å². The van der Waals surface area contributed by atoms with Crippen LogP contribution >= 0.6 is 0 Å². The summed E-state index contributed by atoms with van der Waals surface area (Å²) in [5.74, 6) is 0. The summed E-state index contributed by atoms with van der Waals surface area (Å²) < 4.78 is 9.91. The average molecular weight is 202 g/mol. The molecule has 0 aliphatic carbocycles. The van der Waals surface area contributed by atoms with Gasteiger partial charge in [0.25, 0.3) is 0 Å². The molecule has 1 rings (SSSR count). The Hall–Kier alpha value is -0.810. The Labute approximate surface area is 84.1 Å². The van der Waals surface area contributed by atoms with Crippen molar-refractivity contribution in [1.29, 1.82) is 0 Å². The number of ether oxygens (including phenoxy) is 2. The van der Waals surface area contributed by atoms with Crippen molar-refractivity contribution in [3.63, 3.8) is 0 Å². The van der Waals surface area contributed by atoms with Crippen molar-refractivity contribution in [2.45, 2.75) is 18.9 Å². The maximum Gasteiger partial charge on any atom is 0.404 e. The van der Waals surface area contributed by atoms with E-state index in [1.807, 2.05) is 0 Å². The van der Waals surface area contributed by atoms with Crippen LogP contribution < -0.4 is 5.73 Å². The highest BCUT2D eigenvalue weighted by atomic mass is 16.6. The van der Waals surface area contributed by atoms with Gasteiger partial charge >= 0.3 is 6.09 Å². The number of rotatable bonds is 4. The van der Waals surface area contributed by atoms with Crippen molar-refractivity contribution in [2.24, 2.45) is 5.73 Å². The van der Waals surface area contributed by atoms with Gasteiger partial charge in [-0.3, -0.25) is 0 Å². The van der Waals surface area contributed by atoms with E-state index in [-0.39, 0.29) is 6.10 Å². The lowest BCUT2D eigenvalue weighted by Crippen LogP contribution is -2.40. The summed E-state index contributed by atoms with van der Waals surface area (Å²) in [6.45, 7) is 3.59. The minimum atomic E-state index is -0.666. The summed E-state index contributed by atoms with van der Waals surface area (Å²) in [5.41, 5.74) is 4.94. The third kappa shape index (κ3) is 3.93. The predicted molar refractivity (Wildman–Crippen MR) is 52.0 cm³/mol. The summed E-state index contributed by atoms with van der Waals surface area (Å²) in [6, 6.07) is 0. The van der Waals surface area contributed by atoms with Crippen molar-refractivity contribution >= 4 is 6.09 Å². The standard InChI is InChI=1S/C9H18N2O3/c1-13-7-6-11-4-2-8(3-5-11)14-9(10)12/h8H,2-7H2,1H3,(H2,10,12). The first-order chi connectivity index (χ1) is 6.72. The van der Waals surface area contributed by atoms with Gasteiger partial charge in [0.2, 0.25) is 0 Å². The van der Waals surface area contributed by atoms with Gasteiger partial charge in [0.1, 0.15) is 6.10 Å². The number of carbonyl (C=O) groups is 1. The van der Waals surface area contributed by atoms with Crippen molar-refractivity contribution < 1.29 is 14.3 Å². The Kier molecular flexibility index (Phi) is 4.69. The Morgan fingerprint density at radius 3 is 2.64 bits per heavy atom. The molecule has 14 heavy (non-hydrogen) atoms. The Morgan fingerprint density at radius 2 is 2.14 bits per heavy atom. The van der Waals surface area contributed by atoms with Crippen LogP contribution in [0, 0.1) is 0 Å². The SMILES string of the molecule is COCCN1CCC(OC(N)=O)CC1. The van der Waals surface area contributed by atoms with Crippen LogP contribution in [0.4, 0.5) is 4.79 Å². The molecule has 1 fully saturated rings. The summed E-state index contributed by atoms with van der Waals surface area (Å²) in [5, 5.41) is 0. The lowest BCUT2D eigenvalue weighted by atomic mass is 10.1. The second kappa shape index (κ2) is 5.82. The first-order valence-corrected chi connectivity index (χ1v) is 4.89. The van der Waals surface area contributed by atoms with Gasteiger partial charge in [0.05, 0.1) is 6.61 Å². The van der Waals surface area contributed by atoms with Gasteiger partial charge in [0.15, 0.2) is 0 Å². The minimum absolute atomic E-state index is 0.00583. The monoisotopic (exact) mass is 202 g/mol. The van der Waals surface area contributed by atoms with Crippen molar-refractivity contribution in [3.8, 4) is 0 Å². The molecule has 0 radical (unpaired) electrons. The van der Waals surface area contributed by atoms with Crippen LogP contribution in [0.15, 0.2) is 0 Å². The molecule has 2 N–H and O–H groups in total. The summed E-state index contributed by atoms with van der Waals surface area (Å²) in [7, 11) is 1.70. The van der Waals surface area contributed by atoms with E-state index in [0.29, 0.717) is 0 Å². The molecule has 1 heterocycles. The number of likely N-dealkylation sites (tertiary alicyclic amines) is 1. The van der Waals surface area contributed by atoms with E-state index >= 15 is 0 Å². The van der Waals surface area contributed by atoms with Crippen molar-refractivity contribution in [1.82, 2.24) is 4.90 Å².